The molecule has 2 N–H and O–H groups in total. The van der Waals surface area contributed by atoms with Crippen LogP contribution in [0, 0.1) is 0 Å². The molecule has 0 aliphatic rings. The van der Waals surface area contributed by atoms with E-state index in [2.05, 4.69) is 20.8 Å². The molecule has 0 atom stereocenters. The summed E-state index contributed by atoms with van der Waals surface area (Å²) in [6.07, 6.45) is 0. The first-order valence-corrected chi connectivity index (χ1v) is 5.93. The van der Waals surface area contributed by atoms with Crippen molar-refractivity contribution in [2.24, 2.45) is 0 Å². The Kier molecular flexibility index (Phi) is 3.73. The minimum atomic E-state index is 0.259. The van der Waals surface area contributed by atoms with Crippen LogP contribution in [0.5, 0.6) is 0 Å². The summed E-state index contributed by atoms with van der Waals surface area (Å²) in [6.45, 7) is 6.58. The predicted molar refractivity (Wildman–Crippen MR) is 66.9 cm³/mol. The number of thioether (sulfide) groups is 1. The van der Waals surface area contributed by atoms with Crippen LogP contribution < -0.4 is 5.73 Å². The number of halogens is 1. The first kappa shape index (κ1) is 11.7. The van der Waals surface area contributed by atoms with Crippen LogP contribution in [0.2, 0.25) is 5.02 Å². The molecule has 0 unspecified atom stereocenters. The van der Waals surface area contributed by atoms with Crippen molar-refractivity contribution in [2.45, 2.75) is 31.3 Å². The van der Waals surface area contributed by atoms with E-state index in [1.54, 1.807) is 0 Å². The van der Waals surface area contributed by atoms with Crippen molar-refractivity contribution in [3.8, 4) is 0 Å². The second-order valence-corrected chi connectivity index (χ2v) is 6.48. The van der Waals surface area contributed by atoms with E-state index in [4.69, 9.17) is 17.3 Å². The summed E-state index contributed by atoms with van der Waals surface area (Å²) in [4.78, 5) is 0. The molecule has 0 heterocycles. The molecule has 0 aliphatic carbocycles. The van der Waals surface area contributed by atoms with Crippen LogP contribution in [0.1, 0.15) is 26.3 Å². The van der Waals surface area contributed by atoms with E-state index >= 15 is 0 Å². The summed E-state index contributed by atoms with van der Waals surface area (Å²) >= 11 is 7.77. The highest BCUT2D eigenvalue weighted by Gasteiger charge is 2.11. The van der Waals surface area contributed by atoms with Gasteiger partial charge in [-0.25, -0.2) is 0 Å². The largest absolute Gasteiger partial charge is 0.398 e. The number of benzene rings is 1. The molecule has 0 radical (unpaired) electrons. The van der Waals surface area contributed by atoms with Crippen LogP contribution >= 0.6 is 23.4 Å². The fourth-order valence-electron chi connectivity index (χ4n) is 0.994. The highest BCUT2D eigenvalue weighted by molar-refractivity contribution is 7.99. The summed E-state index contributed by atoms with van der Waals surface area (Å²) in [5.74, 6) is 0.913. The smallest absolute Gasteiger partial charge is 0.0410 e. The third-order valence-corrected chi connectivity index (χ3v) is 3.32. The normalized spacial score (nSPS) is 11.7. The number of rotatable bonds is 2. The van der Waals surface area contributed by atoms with Gasteiger partial charge in [-0.1, -0.05) is 32.4 Å². The Morgan fingerprint density at radius 3 is 2.57 bits per heavy atom. The monoisotopic (exact) mass is 229 g/mol. The van der Waals surface area contributed by atoms with Crippen LogP contribution in [-0.4, -0.2) is 4.75 Å². The van der Waals surface area contributed by atoms with Crippen molar-refractivity contribution in [1.82, 2.24) is 0 Å². The van der Waals surface area contributed by atoms with Crippen molar-refractivity contribution >= 4 is 29.1 Å². The number of anilines is 1. The number of nitrogen functional groups attached to an aromatic ring is 1. The molecule has 78 valence electrons. The maximum absolute atomic E-state index is 5.90. The Hall–Kier alpha value is -0.340. The van der Waals surface area contributed by atoms with E-state index in [1.165, 1.54) is 0 Å². The highest BCUT2D eigenvalue weighted by atomic mass is 35.5. The van der Waals surface area contributed by atoms with E-state index in [0.29, 0.717) is 0 Å². The average molecular weight is 230 g/mol. The molecular formula is C11H16ClNS. The van der Waals surface area contributed by atoms with Gasteiger partial charge in [-0.2, -0.15) is 11.8 Å². The average Bonchev–Trinajstić information content (AvgIpc) is 2.05. The van der Waals surface area contributed by atoms with E-state index < -0.39 is 0 Å². The lowest BCUT2D eigenvalue weighted by Crippen LogP contribution is -2.08. The molecule has 0 fully saturated rings. The van der Waals surface area contributed by atoms with Gasteiger partial charge in [0, 0.05) is 21.2 Å². The van der Waals surface area contributed by atoms with Gasteiger partial charge in [0.15, 0.2) is 0 Å². The second-order valence-electron chi connectivity index (χ2n) is 4.24. The Balaban J connectivity index is 2.72. The molecular weight excluding hydrogens is 214 g/mol. The second kappa shape index (κ2) is 4.45. The SMILES string of the molecule is CC(C)(C)SCc1cc(Cl)ccc1N. The highest BCUT2D eigenvalue weighted by Crippen LogP contribution is 2.30. The van der Waals surface area contributed by atoms with Crippen LogP contribution in [0.25, 0.3) is 0 Å². The van der Waals surface area contributed by atoms with Crippen LogP contribution in [0.15, 0.2) is 18.2 Å². The zero-order valence-corrected chi connectivity index (χ0v) is 10.4. The Morgan fingerprint density at radius 1 is 1.36 bits per heavy atom. The van der Waals surface area contributed by atoms with Crippen LogP contribution in [0.3, 0.4) is 0 Å². The lowest BCUT2D eigenvalue weighted by molar-refractivity contribution is 0.802. The van der Waals surface area contributed by atoms with Gasteiger partial charge in [0.1, 0.15) is 0 Å². The predicted octanol–water partition coefficient (Wildman–Crippen LogP) is 3.95. The van der Waals surface area contributed by atoms with Gasteiger partial charge in [0.2, 0.25) is 0 Å². The summed E-state index contributed by atoms with van der Waals surface area (Å²) in [5.41, 5.74) is 7.79. The molecule has 0 aromatic heterocycles. The van der Waals surface area contributed by atoms with Gasteiger partial charge in [-0.15, -0.1) is 0 Å². The van der Waals surface area contributed by atoms with Crippen molar-refractivity contribution in [3.05, 3.63) is 28.8 Å². The van der Waals surface area contributed by atoms with Gasteiger partial charge >= 0.3 is 0 Å². The quantitative estimate of drug-likeness (QED) is 0.778. The topological polar surface area (TPSA) is 26.0 Å². The third kappa shape index (κ3) is 3.81. The van der Waals surface area contributed by atoms with Crippen molar-refractivity contribution < 1.29 is 0 Å². The van der Waals surface area contributed by atoms with Crippen molar-refractivity contribution in [3.63, 3.8) is 0 Å². The minimum absolute atomic E-state index is 0.259. The standard InChI is InChI=1S/C11H16ClNS/c1-11(2,3)14-7-8-6-9(12)4-5-10(8)13/h4-6H,7,13H2,1-3H3. The zero-order chi connectivity index (χ0) is 10.8. The van der Waals surface area contributed by atoms with Gasteiger partial charge in [0.05, 0.1) is 0 Å². The molecule has 0 bridgehead atoms. The Bertz CT molecular complexity index is 318. The molecule has 1 aromatic rings. The van der Waals surface area contributed by atoms with E-state index in [1.807, 2.05) is 30.0 Å². The maximum atomic E-state index is 5.90. The molecule has 0 saturated heterocycles. The maximum Gasteiger partial charge on any atom is 0.0410 e. The molecule has 0 amide bonds. The Morgan fingerprint density at radius 2 is 2.00 bits per heavy atom. The number of hydrogen-bond donors (Lipinski definition) is 1. The molecule has 3 heteroatoms. The summed E-state index contributed by atoms with van der Waals surface area (Å²) in [5, 5.41) is 0.753. The summed E-state index contributed by atoms with van der Waals surface area (Å²) in [7, 11) is 0. The Labute approximate surface area is 95.0 Å². The van der Waals surface area contributed by atoms with Crippen LogP contribution in [-0.2, 0) is 5.75 Å². The van der Waals surface area contributed by atoms with Crippen molar-refractivity contribution in [1.29, 1.82) is 0 Å². The zero-order valence-electron chi connectivity index (χ0n) is 8.80. The fraction of sp³-hybridized carbons (Fsp3) is 0.455. The molecule has 1 aromatic carbocycles. The lowest BCUT2D eigenvalue weighted by atomic mass is 10.2. The van der Waals surface area contributed by atoms with Crippen LogP contribution in [0.4, 0.5) is 5.69 Å². The van der Waals surface area contributed by atoms with Gasteiger partial charge in [-0.3, -0.25) is 0 Å². The van der Waals surface area contributed by atoms with E-state index in [-0.39, 0.29) is 4.75 Å². The fourth-order valence-corrected chi connectivity index (χ4v) is 2.03. The van der Waals surface area contributed by atoms with Gasteiger partial charge < -0.3 is 5.73 Å². The first-order valence-electron chi connectivity index (χ1n) is 4.56. The molecule has 14 heavy (non-hydrogen) atoms. The minimum Gasteiger partial charge on any atom is -0.398 e. The molecule has 0 aliphatic heterocycles. The number of hydrogen-bond acceptors (Lipinski definition) is 2. The molecule has 1 nitrogen and oxygen atoms in total. The summed E-state index contributed by atoms with van der Waals surface area (Å²) < 4.78 is 0.259. The lowest BCUT2D eigenvalue weighted by Gasteiger charge is -2.18. The van der Waals surface area contributed by atoms with E-state index in [0.717, 1.165) is 22.0 Å². The molecule has 0 spiro atoms. The van der Waals surface area contributed by atoms with Gasteiger partial charge in [0.25, 0.3) is 0 Å². The van der Waals surface area contributed by atoms with E-state index in [9.17, 15) is 0 Å². The first-order chi connectivity index (χ1) is 6.38. The molecule has 1 rings (SSSR count). The van der Waals surface area contributed by atoms with Gasteiger partial charge in [-0.05, 0) is 23.8 Å². The number of nitrogens with two attached hydrogens (primary N) is 1. The third-order valence-electron chi connectivity index (χ3n) is 1.77. The van der Waals surface area contributed by atoms with Crippen molar-refractivity contribution in [2.75, 3.05) is 5.73 Å². The molecule has 0 saturated carbocycles. The summed E-state index contributed by atoms with van der Waals surface area (Å²) in [6, 6.07) is 5.62.